The highest BCUT2D eigenvalue weighted by molar-refractivity contribution is 5.98. The van der Waals surface area contributed by atoms with Crippen LogP contribution in [0.2, 0.25) is 0 Å². The second-order valence-corrected chi connectivity index (χ2v) is 10.3. The van der Waals surface area contributed by atoms with Crippen LogP contribution >= 0.6 is 0 Å². The summed E-state index contributed by atoms with van der Waals surface area (Å²) in [6, 6.07) is 40.0. The number of rotatable bonds is 14. The zero-order valence-electron chi connectivity index (χ0n) is 23.8. The molecule has 0 aliphatic carbocycles. The van der Waals surface area contributed by atoms with Crippen molar-refractivity contribution < 1.29 is 14.2 Å². The summed E-state index contributed by atoms with van der Waals surface area (Å²) in [5.74, 6) is -0.466. The first-order chi connectivity index (χ1) is 21.1. The molecule has 9 heteroatoms. The molecule has 9 nitrogen and oxygen atoms in total. The summed E-state index contributed by atoms with van der Waals surface area (Å²) in [6.07, 6.45) is 0. The van der Waals surface area contributed by atoms with E-state index in [1.165, 1.54) is 0 Å². The van der Waals surface area contributed by atoms with E-state index in [1.54, 1.807) is 0 Å². The van der Waals surface area contributed by atoms with Gasteiger partial charge in [-0.3, -0.25) is 19.4 Å². The van der Waals surface area contributed by atoms with Gasteiger partial charge in [-0.25, -0.2) is 4.63 Å². The summed E-state index contributed by atoms with van der Waals surface area (Å²) in [7, 11) is 0. The van der Waals surface area contributed by atoms with E-state index in [9.17, 15) is 9.59 Å². The fraction of sp³-hybridized carbons (Fsp3) is 0.176. The zero-order valence-corrected chi connectivity index (χ0v) is 23.8. The quantitative estimate of drug-likeness (QED) is 0.184. The van der Waals surface area contributed by atoms with Gasteiger partial charge in [0.05, 0.1) is 13.1 Å². The molecule has 0 aliphatic heterocycles. The number of carbonyl (C=O) groups excluding carboxylic acids is 2. The Hall–Kier alpha value is -5.12. The standard InChI is InChI=1S/C34H34N6O3/c41-31(25-39(21-27-13-5-1-6-14-27)22-28-15-7-2-8-16-28)35-33-34(38-43-37-33)36-32(42)26-40(23-29-17-9-3-10-18-29)24-30-19-11-4-12-20-30/h1-20H,21-26H2,(H,35,37,41)(H,36,38,42). The summed E-state index contributed by atoms with van der Waals surface area (Å²) in [6.45, 7) is 2.55. The van der Waals surface area contributed by atoms with E-state index in [0.717, 1.165) is 22.3 Å². The molecule has 1 heterocycles. The minimum absolute atomic E-state index is 0.0652. The molecule has 5 rings (SSSR count). The van der Waals surface area contributed by atoms with Gasteiger partial charge in [-0.15, -0.1) is 0 Å². The first-order valence-electron chi connectivity index (χ1n) is 14.1. The number of hydrogen-bond donors (Lipinski definition) is 2. The van der Waals surface area contributed by atoms with Crippen molar-refractivity contribution in [3.8, 4) is 0 Å². The van der Waals surface area contributed by atoms with Gasteiger partial charge in [0.15, 0.2) is 0 Å². The van der Waals surface area contributed by atoms with Crippen molar-refractivity contribution in [2.75, 3.05) is 23.7 Å². The van der Waals surface area contributed by atoms with E-state index < -0.39 is 0 Å². The lowest BCUT2D eigenvalue weighted by atomic mass is 10.1. The molecule has 4 aromatic carbocycles. The number of nitrogens with one attached hydrogen (secondary N) is 2. The second-order valence-electron chi connectivity index (χ2n) is 10.3. The van der Waals surface area contributed by atoms with E-state index in [-0.39, 0.29) is 36.5 Å². The molecule has 2 amide bonds. The Kier molecular flexibility index (Phi) is 10.4. The highest BCUT2D eigenvalue weighted by atomic mass is 16.6. The highest BCUT2D eigenvalue weighted by Crippen LogP contribution is 2.17. The van der Waals surface area contributed by atoms with E-state index in [0.29, 0.717) is 26.2 Å². The van der Waals surface area contributed by atoms with Crippen LogP contribution < -0.4 is 10.6 Å². The Balaban J connectivity index is 1.21. The van der Waals surface area contributed by atoms with Crippen molar-refractivity contribution in [3.63, 3.8) is 0 Å². The Morgan fingerprint density at radius 1 is 0.488 bits per heavy atom. The van der Waals surface area contributed by atoms with Crippen molar-refractivity contribution in [3.05, 3.63) is 144 Å². The summed E-state index contributed by atoms with van der Waals surface area (Å²) < 4.78 is 4.88. The summed E-state index contributed by atoms with van der Waals surface area (Å²) >= 11 is 0. The van der Waals surface area contributed by atoms with Crippen LogP contribution in [-0.4, -0.2) is 45.0 Å². The number of hydrogen-bond acceptors (Lipinski definition) is 7. The Morgan fingerprint density at radius 3 is 1.05 bits per heavy atom. The first kappa shape index (κ1) is 29.4. The fourth-order valence-corrected chi connectivity index (χ4v) is 4.80. The number of benzene rings is 4. The lowest BCUT2D eigenvalue weighted by molar-refractivity contribution is -0.118. The fourth-order valence-electron chi connectivity index (χ4n) is 4.80. The van der Waals surface area contributed by atoms with E-state index in [1.807, 2.05) is 131 Å². The van der Waals surface area contributed by atoms with Crippen molar-refractivity contribution >= 4 is 23.5 Å². The van der Waals surface area contributed by atoms with Crippen molar-refractivity contribution in [1.29, 1.82) is 0 Å². The Labute approximate surface area is 251 Å². The molecule has 43 heavy (non-hydrogen) atoms. The van der Waals surface area contributed by atoms with E-state index >= 15 is 0 Å². The third kappa shape index (κ3) is 9.46. The molecule has 2 N–H and O–H groups in total. The van der Waals surface area contributed by atoms with Crippen LogP contribution in [-0.2, 0) is 35.8 Å². The third-order valence-corrected chi connectivity index (χ3v) is 6.73. The van der Waals surface area contributed by atoms with Crippen molar-refractivity contribution in [1.82, 2.24) is 20.1 Å². The maximum Gasteiger partial charge on any atom is 0.239 e. The second kappa shape index (κ2) is 15.2. The Bertz CT molecular complexity index is 1360. The minimum Gasteiger partial charge on any atom is -0.304 e. The van der Waals surface area contributed by atoms with Gasteiger partial charge in [0.1, 0.15) is 0 Å². The molecule has 0 spiro atoms. The summed E-state index contributed by atoms with van der Waals surface area (Å²) in [5.41, 5.74) is 4.38. The number of amides is 2. The minimum atomic E-state index is -0.298. The molecule has 1 aromatic heterocycles. The largest absolute Gasteiger partial charge is 0.304 e. The van der Waals surface area contributed by atoms with Gasteiger partial charge in [-0.05, 0) is 32.6 Å². The molecular weight excluding hydrogens is 540 g/mol. The number of nitrogens with zero attached hydrogens (tertiary/aromatic N) is 4. The molecule has 218 valence electrons. The van der Waals surface area contributed by atoms with Crippen LogP contribution in [0.25, 0.3) is 0 Å². The molecular formula is C34H34N6O3. The maximum absolute atomic E-state index is 13.1. The average molecular weight is 575 g/mol. The molecule has 0 fully saturated rings. The van der Waals surface area contributed by atoms with Crippen LogP contribution in [0, 0.1) is 0 Å². The van der Waals surface area contributed by atoms with Gasteiger partial charge in [0, 0.05) is 26.2 Å². The van der Waals surface area contributed by atoms with Crippen molar-refractivity contribution in [2.45, 2.75) is 26.2 Å². The van der Waals surface area contributed by atoms with Crippen LogP contribution in [0.15, 0.2) is 126 Å². The summed E-state index contributed by atoms with van der Waals surface area (Å²) in [4.78, 5) is 30.4. The molecule has 0 saturated carbocycles. The number of anilines is 2. The predicted molar refractivity (Wildman–Crippen MR) is 166 cm³/mol. The molecule has 0 unspecified atom stereocenters. The number of carbonyl (C=O) groups is 2. The highest BCUT2D eigenvalue weighted by Gasteiger charge is 2.20. The lowest BCUT2D eigenvalue weighted by Gasteiger charge is -2.22. The molecule has 0 atom stereocenters. The number of aromatic nitrogens is 2. The van der Waals surface area contributed by atoms with E-state index in [2.05, 4.69) is 20.9 Å². The topological polar surface area (TPSA) is 104 Å². The molecule has 5 aromatic rings. The SMILES string of the molecule is O=C(CN(Cc1ccccc1)Cc1ccccc1)Nc1nonc1NC(=O)CN(Cc1ccccc1)Cc1ccccc1. The average Bonchev–Trinajstić information content (AvgIpc) is 3.44. The van der Waals surface area contributed by atoms with Crippen LogP contribution in [0.1, 0.15) is 22.3 Å². The Morgan fingerprint density at radius 2 is 0.767 bits per heavy atom. The van der Waals surface area contributed by atoms with Gasteiger partial charge >= 0.3 is 0 Å². The smallest absolute Gasteiger partial charge is 0.239 e. The first-order valence-corrected chi connectivity index (χ1v) is 14.1. The van der Waals surface area contributed by atoms with Gasteiger partial charge in [0.2, 0.25) is 23.5 Å². The lowest BCUT2D eigenvalue weighted by Crippen LogP contribution is -2.34. The third-order valence-electron chi connectivity index (χ3n) is 6.73. The predicted octanol–water partition coefficient (Wildman–Crippen LogP) is 5.35. The molecule has 0 radical (unpaired) electrons. The molecule has 0 aliphatic rings. The normalized spacial score (nSPS) is 11.0. The van der Waals surface area contributed by atoms with E-state index in [4.69, 9.17) is 4.63 Å². The van der Waals surface area contributed by atoms with Gasteiger partial charge in [-0.2, -0.15) is 0 Å². The monoisotopic (exact) mass is 574 g/mol. The van der Waals surface area contributed by atoms with Gasteiger partial charge in [0.25, 0.3) is 0 Å². The van der Waals surface area contributed by atoms with Crippen LogP contribution in [0.4, 0.5) is 11.6 Å². The van der Waals surface area contributed by atoms with Gasteiger partial charge < -0.3 is 10.6 Å². The summed E-state index contributed by atoms with van der Waals surface area (Å²) in [5, 5.41) is 13.2. The zero-order chi connectivity index (χ0) is 29.7. The van der Waals surface area contributed by atoms with Gasteiger partial charge in [-0.1, -0.05) is 121 Å². The molecule has 0 bridgehead atoms. The van der Waals surface area contributed by atoms with Crippen LogP contribution in [0.5, 0.6) is 0 Å². The van der Waals surface area contributed by atoms with Crippen molar-refractivity contribution in [2.24, 2.45) is 0 Å². The molecule has 0 saturated heterocycles. The maximum atomic E-state index is 13.1. The van der Waals surface area contributed by atoms with Crippen LogP contribution in [0.3, 0.4) is 0 Å².